The van der Waals surface area contributed by atoms with E-state index in [4.69, 9.17) is 4.74 Å². The Morgan fingerprint density at radius 3 is 2.55 bits per heavy atom. The molecule has 1 aliphatic rings. The number of nitrogens with one attached hydrogen (secondary N) is 2. The Morgan fingerprint density at radius 2 is 1.95 bits per heavy atom. The lowest BCUT2D eigenvalue weighted by Crippen LogP contribution is -2.43. The highest BCUT2D eigenvalue weighted by molar-refractivity contribution is 5.73. The Morgan fingerprint density at radius 1 is 1.30 bits per heavy atom. The smallest absolute Gasteiger partial charge is 0.314 e. The van der Waals surface area contributed by atoms with Gasteiger partial charge in [0.25, 0.3) is 0 Å². The zero-order valence-electron chi connectivity index (χ0n) is 13.1. The lowest BCUT2D eigenvalue weighted by Gasteiger charge is -2.25. The van der Waals surface area contributed by atoms with Crippen molar-refractivity contribution in [2.24, 2.45) is 5.41 Å². The second-order valence-electron chi connectivity index (χ2n) is 6.65. The molecule has 1 aliphatic carbocycles. The zero-order chi connectivity index (χ0) is 15.0. The summed E-state index contributed by atoms with van der Waals surface area (Å²) in [5.41, 5.74) is -0.220. The van der Waals surface area contributed by atoms with E-state index in [9.17, 15) is 9.90 Å². The fourth-order valence-corrected chi connectivity index (χ4v) is 2.14. The summed E-state index contributed by atoms with van der Waals surface area (Å²) in [7, 11) is 0. The van der Waals surface area contributed by atoms with E-state index in [0.29, 0.717) is 19.3 Å². The van der Waals surface area contributed by atoms with Crippen LogP contribution in [0.25, 0.3) is 0 Å². The summed E-state index contributed by atoms with van der Waals surface area (Å²) >= 11 is 0. The fraction of sp³-hybridized carbons (Fsp3) is 0.933. The Bertz CT molecular complexity index is 283. The van der Waals surface area contributed by atoms with E-state index in [-0.39, 0.29) is 18.0 Å². The predicted octanol–water partition coefficient (Wildman–Crippen LogP) is 2.04. The van der Waals surface area contributed by atoms with Gasteiger partial charge in [0.2, 0.25) is 0 Å². The Hall–Kier alpha value is -0.810. The molecule has 0 aromatic rings. The largest absolute Gasteiger partial charge is 0.391 e. The Balaban J connectivity index is 1.97. The van der Waals surface area contributed by atoms with Crippen molar-refractivity contribution < 1.29 is 14.6 Å². The highest BCUT2D eigenvalue weighted by atomic mass is 16.5. The third kappa shape index (κ3) is 7.10. The first-order valence-corrected chi connectivity index (χ1v) is 7.71. The molecule has 1 fully saturated rings. The van der Waals surface area contributed by atoms with Gasteiger partial charge < -0.3 is 20.5 Å². The number of aliphatic hydroxyl groups is 1. The summed E-state index contributed by atoms with van der Waals surface area (Å²) < 4.78 is 5.72. The first kappa shape index (κ1) is 17.2. The molecule has 1 atom stereocenters. The number of rotatable bonds is 7. The van der Waals surface area contributed by atoms with Crippen LogP contribution < -0.4 is 10.6 Å². The van der Waals surface area contributed by atoms with Crippen LogP contribution in [0.2, 0.25) is 0 Å². The molecule has 0 aromatic carbocycles. The maximum absolute atomic E-state index is 11.5. The van der Waals surface area contributed by atoms with E-state index in [0.717, 1.165) is 6.42 Å². The van der Waals surface area contributed by atoms with Crippen molar-refractivity contribution in [3.05, 3.63) is 0 Å². The average Bonchev–Trinajstić information content (AvgIpc) is 2.87. The summed E-state index contributed by atoms with van der Waals surface area (Å²) in [4.78, 5) is 11.5. The fourth-order valence-electron chi connectivity index (χ4n) is 2.14. The van der Waals surface area contributed by atoms with Crippen LogP contribution >= 0.6 is 0 Å². The molecule has 1 saturated carbocycles. The number of hydrogen-bond acceptors (Lipinski definition) is 3. The van der Waals surface area contributed by atoms with Gasteiger partial charge in [0, 0.05) is 19.7 Å². The van der Waals surface area contributed by atoms with Gasteiger partial charge in [-0.25, -0.2) is 4.79 Å². The molecule has 0 aromatic heterocycles. The van der Waals surface area contributed by atoms with Gasteiger partial charge >= 0.3 is 6.03 Å². The highest BCUT2D eigenvalue weighted by Crippen LogP contribution is 2.20. The summed E-state index contributed by atoms with van der Waals surface area (Å²) in [5.74, 6) is 0. The monoisotopic (exact) mass is 286 g/mol. The average molecular weight is 286 g/mol. The minimum Gasteiger partial charge on any atom is -0.391 e. The van der Waals surface area contributed by atoms with Crippen LogP contribution in [0.3, 0.4) is 0 Å². The SMILES string of the molecule is CC(C)(C)C(O)CNC(=O)NCCCOC1CCCC1. The van der Waals surface area contributed by atoms with Gasteiger partial charge in [-0.3, -0.25) is 0 Å². The molecule has 1 rings (SSSR count). The van der Waals surface area contributed by atoms with E-state index in [1.165, 1.54) is 25.7 Å². The van der Waals surface area contributed by atoms with Crippen molar-refractivity contribution in [3.8, 4) is 0 Å². The summed E-state index contributed by atoms with van der Waals surface area (Å²) in [6.45, 7) is 7.40. The first-order chi connectivity index (χ1) is 9.39. The molecule has 0 bridgehead atoms. The van der Waals surface area contributed by atoms with E-state index in [1.54, 1.807) is 0 Å². The van der Waals surface area contributed by atoms with Gasteiger partial charge in [0.15, 0.2) is 0 Å². The molecule has 20 heavy (non-hydrogen) atoms. The molecule has 5 nitrogen and oxygen atoms in total. The van der Waals surface area contributed by atoms with Crippen LogP contribution in [0.4, 0.5) is 4.79 Å². The molecular formula is C15H30N2O3. The van der Waals surface area contributed by atoms with Crippen LogP contribution in [0.5, 0.6) is 0 Å². The number of carbonyl (C=O) groups excluding carboxylic acids is 1. The van der Waals surface area contributed by atoms with Crippen LogP contribution in [0, 0.1) is 5.41 Å². The maximum Gasteiger partial charge on any atom is 0.314 e. The number of carbonyl (C=O) groups is 1. The van der Waals surface area contributed by atoms with Crippen LogP contribution in [-0.2, 0) is 4.74 Å². The molecule has 2 amide bonds. The second-order valence-corrected chi connectivity index (χ2v) is 6.65. The van der Waals surface area contributed by atoms with Crippen LogP contribution in [0.15, 0.2) is 0 Å². The maximum atomic E-state index is 11.5. The number of ether oxygens (including phenoxy) is 1. The number of urea groups is 1. The second kappa shape index (κ2) is 8.47. The van der Waals surface area contributed by atoms with E-state index in [1.807, 2.05) is 20.8 Å². The molecule has 0 radical (unpaired) electrons. The first-order valence-electron chi connectivity index (χ1n) is 7.71. The van der Waals surface area contributed by atoms with Gasteiger partial charge in [-0.2, -0.15) is 0 Å². The van der Waals surface area contributed by atoms with Crippen molar-refractivity contribution in [3.63, 3.8) is 0 Å². The van der Waals surface area contributed by atoms with Gasteiger partial charge in [0.1, 0.15) is 0 Å². The van der Waals surface area contributed by atoms with Crippen LogP contribution in [-0.4, -0.2) is 43.0 Å². The lowest BCUT2D eigenvalue weighted by molar-refractivity contribution is 0.0568. The third-order valence-corrected chi connectivity index (χ3v) is 3.72. The molecule has 0 heterocycles. The van der Waals surface area contributed by atoms with Crippen LogP contribution in [0.1, 0.15) is 52.9 Å². The van der Waals surface area contributed by atoms with Gasteiger partial charge in [-0.15, -0.1) is 0 Å². The third-order valence-electron chi connectivity index (χ3n) is 3.72. The quantitative estimate of drug-likeness (QED) is 0.627. The van der Waals surface area contributed by atoms with Crippen molar-refractivity contribution in [2.75, 3.05) is 19.7 Å². The number of hydrogen-bond donors (Lipinski definition) is 3. The van der Waals surface area contributed by atoms with Gasteiger partial charge in [-0.1, -0.05) is 33.6 Å². The van der Waals surface area contributed by atoms with E-state index in [2.05, 4.69) is 10.6 Å². The van der Waals surface area contributed by atoms with Crippen molar-refractivity contribution in [1.29, 1.82) is 0 Å². The minimum atomic E-state index is -0.543. The summed E-state index contributed by atoms with van der Waals surface area (Å²) in [5, 5.41) is 15.3. The van der Waals surface area contributed by atoms with Crippen molar-refractivity contribution >= 4 is 6.03 Å². The predicted molar refractivity (Wildman–Crippen MR) is 79.7 cm³/mol. The number of aliphatic hydroxyl groups excluding tert-OH is 1. The van der Waals surface area contributed by atoms with Crippen molar-refractivity contribution in [2.45, 2.75) is 65.1 Å². The standard InChI is InChI=1S/C15H30N2O3/c1-15(2,3)13(18)11-17-14(19)16-9-6-10-20-12-7-4-5-8-12/h12-13,18H,4-11H2,1-3H3,(H2,16,17,19). The van der Waals surface area contributed by atoms with E-state index >= 15 is 0 Å². The molecule has 0 saturated heterocycles. The molecule has 3 N–H and O–H groups in total. The highest BCUT2D eigenvalue weighted by Gasteiger charge is 2.22. The topological polar surface area (TPSA) is 70.6 Å². The molecule has 1 unspecified atom stereocenters. The summed E-state index contributed by atoms with van der Waals surface area (Å²) in [6, 6.07) is -0.228. The molecular weight excluding hydrogens is 256 g/mol. The molecule has 0 spiro atoms. The molecule has 118 valence electrons. The van der Waals surface area contributed by atoms with Gasteiger partial charge in [-0.05, 0) is 24.7 Å². The zero-order valence-corrected chi connectivity index (χ0v) is 13.1. The molecule has 0 aliphatic heterocycles. The van der Waals surface area contributed by atoms with Gasteiger partial charge in [0.05, 0.1) is 12.2 Å². The minimum absolute atomic E-state index is 0.220. The Labute approximate surface area is 122 Å². The normalized spacial score (nSPS) is 18.0. The summed E-state index contributed by atoms with van der Waals surface area (Å²) in [6.07, 6.45) is 5.64. The van der Waals surface area contributed by atoms with E-state index < -0.39 is 6.10 Å². The molecule has 5 heteroatoms. The number of amides is 2. The van der Waals surface area contributed by atoms with Crippen molar-refractivity contribution in [1.82, 2.24) is 10.6 Å². The Kier molecular flexibility index (Phi) is 7.30. The lowest BCUT2D eigenvalue weighted by atomic mass is 9.89.